The Morgan fingerprint density at radius 3 is 2.89 bits per heavy atom. The van der Waals surface area contributed by atoms with Crippen molar-refractivity contribution in [3.63, 3.8) is 0 Å². The standard InChI is InChI=1S/C15H24N4/c1-4-9-17-15(16)18-11-13-7-6-8-14(10-13)12-19(3)5-2/h4,6-8,10H,1,5,9,11-12H2,2-3H3,(H3,16,17,18). The van der Waals surface area contributed by atoms with Crippen molar-refractivity contribution in [3.05, 3.63) is 48.0 Å². The van der Waals surface area contributed by atoms with Crippen molar-refractivity contribution in [3.8, 4) is 0 Å². The number of guanidine groups is 1. The van der Waals surface area contributed by atoms with Crippen LogP contribution in [0, 0.1) is 0 Å². The maximum atomic E-state index is 5.73. The van der Waals surface area contributed by atoms with E-state index in [1.165, 1.54) is 11.1 Å². The van der Waals surface area contributed by atoms with Crippen LogP contribution in [-0.4, -0.2) is 31.0 Å². The summed E-state index contributed by atoms with van der Waals surface area (Å²) in [6.45, 7) is 9.00. The summed E-state index contributed by atoms with van der Waals surface area (Å²) < 4.78 is 0. The van der Waals surface area contributed by atoms with E-state index in [0.717, 1.165) is 13.1 Å². The lowest BCUT2D eigenvalue weighted by Crippen LogP contribution is -2.31. The van der Waals surface area contributed by atoms with Gasteiger partial charge in [-0.2, -0.15) is 0 Å². The van der Waals surface area contributed by atoms with Crippen LogP contribution in [0.3, 0.4) is 0 Å². The van der Waals surface area contributed by atoms with E-state index in [2.05, 4.69) is 60.0 Å². The molecule has 4 heteroatoms. The second-order valence-electron chi connectivity index (χ2n) is 4.52. The number of hydrogen-bond acceptors (Lipinski definition) is 2. The summed E-state index contributed by atoms with van der Waals surface area (Å²) in [5.74, 6) is 0.455. The maximum absolute atomic E-state index is 5.73. The molecule has 0 bridgehead atoms. The predicted octanol–water partition coefficient (Wildman–Crippen LogP) is 1.73. The van der Waals surface area contributed by atoms with Crippen molar-refractivity contribution >= 4 is 5.96 Å². The van der Waals surface area contributed by atoms with E-state index in [-0.39, 0.29) is 0 Å². The number of rotatable bonds is 7. The van der Waals surface area contributed by atoms with Gasteiger partial charge in [-0.25, -0.2) is 4.99 Å². The lowest BCUT2D eigenvalue weighted by molar-refractivity contribution is 0.345. The highest BCUT2D eigenvalue weighted by atomic mass is 15.1. The highest BCUT2D eigenvalue weighted by Gasteiger charge is 1.99. The fraction of sp³-hybridized carbons (Fsp3) is 0.400. The maximum Gasteiger partial charge on any atom is 0.189 e. The van der Waals surface area contributed by atoms with Crippen molar-refractivity contribution in [2.24, 2.45) is 10.7 Å². The summed E-state index contributed by atoms with van der Waals surface area (Å²) in [6, 6.07) is 8.45. The Morgan fingerprint density at radius 1 is 1.47 bits per heavy atom. The molecule has 0 aliphatic carbocycles. The van der Waals surface area contributed by atoms with Gasteiger partial charge in [0.2, 0.25) is 0 Å². The quantitative estimate of drug-likeness (QED) is 0.446. The van der Waals surface area contributed by atoms with E-state index in [4.69, 9.17) is 5.73 Å². The molecule has 1 aromatic carbocycles. The molecule has 0 spiro atoms. The third kappa shape index (κ3) is 6.06. The van der Waals surface area contributed by atoms with E-state index in [1.54, 1.807) is 6.08 Å². The summed E-state index contributed by atoms with van der Waals surface area (Å²) in [7, 11) is 2.11. The molecular weight excluding hydrogens is 236 g/mol. The molecule has 0 amide bonds. The zero-order valence-corrected chi connectivity index (χ0v) is 11.9. The normalized spacial score (nSPS) is 11.6. The predicted molar refractivity (Wildman–Crippen MR) is 82.0 cm³/mol. The second kappa shape index (κ2) is 8.32. The smallest absolute Gasteiger partial charge is 0.189 e. The van der Waals surface area contributed by atoms with Crippen molar-refractivity contribution in [2.75, 3.05) is 20.1 Å². The van der Waals surface area contributed by atoms with Crippen LogP contribution in [0.4, 0.5) is 0 Å². The molecule has 0 aromatic heterocycles. The summed E-state index contributed by atoms with van der Waals surface area (Å²) in [6.07, 6.45) is 1.75. The molecule has 0 unspecified atom stereocenters. The molecule has 0 atom stereocenters. The van der Waals surface area contributed by atoms with E-state index in [9.17, 15) is 0 Å². The number of nitrogens with one attached hydrogen (secondary N) is 1. The minimum absolute atomic E-state index is 0.455. The van der Waals surface area contributed by atoms with Gasteiger partial charge in [0, 0.05) is 13.1 Å². The first-order valence-electron chi connectivity index (χ1n) is 6.56. The Balaban J connectivity index is 2.59. The van der Waals surface area contributed by atoms with Crippen LogP contribution >= 0.6 is 0 Å². The van der Waals surface area contributed by atoms with Gasteiger partial charge < -0.3 is 16.0 Å². The average molecular weight is 260 g/mol. The van der Waals surface area contributed by atoms with Crippen molar-refractivity contribution in [1.29, 1.82) is 0 Å². The summed E-state index contributed by atoms with van der Waals surface area (Å²) in [5, 5.41) is 2.96. The Kier molecular flexibility index (Phi) is 6.68. The van der Waals surface area contributed by atoms with Gasteiger partial charge in [0.05, 0.1) is 6.54 Å². The molecule has 1 rings (SSSR count). The number of nitrogens with zero attached hydrogens (tertiary/aromatic N) is 2. The molecular formula is C15H24N4. The molecule has 19 heavy (non-hydrogen) atoms. The van der Waals surface area contributed by atoms with Gasteiger partial charge in [0.15, 0.2) is 5.96 Å². The van der Waals surface area contributed by atoms with Crippen LogP contribution in [-0.2, 0) is 13.1 Å². The van der Waals surface area contributed by atoms with Gasteiger partial charge in [-0.1, -0.05) is 37.3 Å². The van der Waals surface area contributed by atoms with Crippen LogP contribution in [0.1, 0.15) is 18.1 Å². The monoisotopic (exact) mass is 260 g/mol. The van der Waals surface area contributed by atoms with E-state index < -0.39 is 0 Å². The van der Waals surface area contributed by atoms with Gasteiger partial charge in [-0.3, -0.25) is 0 Å². The summed E-state index contributed by atoms with van der Waals surface area (Å²) in [5.41, 5.74) is 8.20. The zero-order chi connectivity index (χ0) is 14.1. The Hall–Kier alpha value is -1.81. The van der Waals surface area contributed by atoms with Gasteiger partial charge >= 0.3 is 0 Å². The largest absolute Gasteiger partial charge is 0.370 e. The Labute approximate surface area is 116 Å². The SMILES string of the molecule is C=CCNC(N)=NCc1cccc(CN(C)CC)c1. The summed E-state index contributed by atoms with van der Waals surface area (Å²) >= 11 is 0. The van der Waals surface area contributed by atoms with Crippen molar-refractivity contribution in [1.82, 2.24) is 10.2 Å². The molecule has 0 saturated carbocycles. The molecule has 1 aromatic rings. The zero-order valence-electron chi connectivity index (χ0n) is 11.9. The Bertz CT molecular complexity index is 426. The first-order valence-corrected chi connectivity index (χ1v) is 6.56. The molecule has 104 valence electrons. The third-order valence-corrected chi connectivity index (χ3v) is 2.84. The average Bonchev–Trinajstić information content (AvgIpc) is 2.43. The topological polar surface area (TPSA) is 53.6 Å². The third-order valence-electron chi connectivity index (χ3n) is 2.84. The molecule has 0 fully saturated rings. The first-order chi connectivity index (χ1) is 9.15. The van der Waals surface area contributed by atoms with Crippen molar-refractivity contribution in [2.45, 2.75) is 20.0 Å². The van der Waals surface area contributed by atoms with Crippen LogP contribution in [0.15, 0.2) is 41.9 Å². The molecule has 0 saturated heterocycles. The van der Waals surface area contributed by atoms with Crippen LogP contribution in [0.5, 0.6) is 0 Å². The minimum Gasteiger partial charge on any atom is -0.370 e. The van der Waals surface area contributed by atoms with Gasteiger partial charge in [0.25, 0.3) is 0 Å². The summed E-state index contributed by atoms with van der Waals surface area (Å²) in [4.78, 5) is 6.56. The fourth-order valence-corrected chi connectivity index (χ4v) is 1.66. The van der Waals surface area contributed by atoms with E-state index in [0.29, 0.717) is 19.0 Å². The molecule has 0 heterocycles. The number of aliphatic imine (C=N–C) groups is 1. The molecule has 0 aliphatic rings. The molecule has 4 nitrogen and oxygen atoms in total. The lowest BCUT2D eigenvalue weighted by atomic mass is 10.1. The second-order valence-corrected chi connectivity index (χ2v) is 4.52. The van der Waals surface area contributed by atoms with Crippen LogP contribution in [0.25, 0.3) is 0 Å². The highest BCUT2D eigenvalue weighted by Crippen LogP contribution is 2.08. The van der Waals surface area contributed by atoms with E-state index in [1.807, 2.05) is 0 Å². The highest BCUT2D eigenvalue weighted by molar-refractivity contribution is 5.77. The Morgan fingerprint density at radius 2 is 2.21 bits per heavy atom. The van der Waals surface area contributed by atoms with Gasteiger partial charge in [0.1, 0.15) is 0 Å². The molecule has 0 aliphatic heterocycles. The number of benzene rings is 1. The fourth-order valence-electron chi connectivity index (χ4n) is 1.66. The first kappa shape index (κ1) is 15.2. The van der Waals surface area contributed by atoms with E-state index >= 15 is 0 Å². The number of hydrogen-bond donors (Lipinski definition) is 2. The van der Waals surface area contributed by atoms with Gasteiger partial charge in [-0.15, -0.1) is 6.58 Å². The minimum atomic E-state index is 0.455. The van der Waals surface area contributed by atoms with Crippen LogP contribution in [0.2, 0.25) is 0 Å². The molecule has 0 radical (unpaired) electrons. The lowest BCUT2D eigenvalue weighted by Gasteiger charge is -2.14. The van der Waals surface area contributed by atoms with Crippen LogP contribution < -0.4 is 11.1 Å². The molecule has 3 N–H and O–H groups in total. The van der Waals surface area contributed by atoms with Gasteiger partial charge in [-0.05, 0) is 24.7 Å². The number of nitrogens with two attached hydrogens (primary N) is 1. The van der Waals surface area contributed by atoms with Crippen molar-refractivity contribution < 1.29 is 0 Å².